The van der Waals surface area contributed by atoms with Crippen LogP contribution < -0.4 is 5.32 Å². The first-order chi connectivity index (χ1) is 6.34. The Kier molecular flexibility index (Phi) is 3.97. The monoisotopic (exact) mass is 194 g/mol. The number of nitrogens with zero attached hydrogens (tertiary/aromatic N) is 1. The van der Waals surface area contributed by atoms with E-state index in [1.807, 2.05) is 0 Å². The average molecular weight is 194 g/mol. The number of carbonyl (C=O) groups is 1. The Morgan fingerprint density at radius 3 is 3.08 bits per heavy atom. The van der Waals surface area contributed by atoms with E-state index in [1.54, 1.807) is 18.2 Å². The zero-order chi connectivity index (χ0) is 9.52. The van der Waals surface area contributed by atoms with Crippen molar-refractivity contribution in [3.8, 4) is 5.63 Å². The number of nitrogens with one attached hydrogen (secondary N) is 1. The Morgan fingerprint density at radius 2 is 2.46 bits per heavy atom. The number of carbonyl (C=O) groups excluding carboxylic acids is 1. The molecule has 1 aromatic heterocycles. The van der Waals surface area contributed by atoms with Gasteiger partial charge in [-0.3, -0.25) is 0 Å². The Balaban J connectivity index is 2.57. The molecule has 0 spiro atoms. The van der Waals surface area contributed by atoms with Gasteiger partial charge in [0, 0.05) is 0 Å². The van der Waals surface area contributed by atoms with Crippen molar-refractivity contribution in [3.63, 3.8) is 0 Å². The van der Waals surface area contributed by atoms with Crippen molar-refractivity contribution in [2.75, 3.05) is 6.54 Å². The van der Waals surface area contributed by atoms with Crippen LogP contribution in [0.15, 0.2) is 24.4 Å². The van der Waals surface area contributed by atoms with Crippen molar-refractivity contribution < 1.29 is 9.36 Å². The van der Waals surface area contributed by atoms with E-state index >= 15 is 0 Å². The molecule has 0 atom stereocenters. The van der Waals surface area contributed by atoms with Crippen molar-refractivity contribution >= 4 is 13.8 Å². The molecular weight excluding hydrogens is 187 g/mol. The fourth-order valence-corrected chi connectivity index (χ4v) is 0.883. The molecule has 13 heavy (non-hydrogen) atoms. The van der Waals surface area contributed by atoms with Crippen LogP contribution in [0.4, 0.5) is 0 Å². The van der Waals surface area contributed by atoms with Gasteiger partial charge in [0.05, 0.1) is 0 Å². The van der Waals surface area contributed by atoms with Crippen molar-refractivity contribution in [2.24, 2.45) is 0 Å². The minimum atomic E-state index is -0.295. The molecule has 1 rings (SSSR count). The molecule has 0 bridgehead atoms. The van der Waals surface area contributed by atoms with Crippen molar-refractivity contribution in [3.05, 3.63) is 30.1 Å². The summed E-state index contributed by atoms with van der Waals surface area (Å²) in [6.45, 7) is 0.153. The van der Waals surface area contributed by atoms with Gasteiger partial charge in [0.25, 0.3) is 0 Å². The molecule has 4 nitrogen and oxygen atoms in total. The van der Waals surface area contributed by atoms with Gasteiger partial charge in [-0.25, -0.2) is 0 Å². The van der Waals surface area contributed by atoms with Crippen LogP contribution in [0.1, 0.15) is 10.5 Å². The molecule has 0 unspecified atom stereocenters. The number of rotatable bonds is 2. The zero-order valence-electron chi connectivity index (χ0n) is 6.73. The second kappa shape index (κ2) is 5.31. The summed E-state index contributed by atoms with van der Waals surface area (Å²) in [6, 6.07) is 5.05. The van der Waals surface area contributed by atoms with Crippen LogP contribution in [-0.4, -0.2) is 17.4 Å². The van der Waals surface area contributed by atoms with Crippen LogP contribution in [-0.2, 0) is 4.57 Å². The Labute approximate surface area is 76.5 Å². The Hall–Kier alpha value is -1.37. The van der Waals surface area contributed by atoms with Gasteiger partial charge >= 0.3 is 75.7 Å². The van der Waals surface area contributed by atoms with Crippen molar-refractivity contribution in [1.29, 1.82) is 0 Å². The maximum atomic E-state index is 11.2. The topological polar surface area (TPSA) is 59.1 Å². The summed E-state index contributed by atoms with van der Waals surface area (Å²) in [5, 5.41) is 2.48. The fourth-order valence-electron chi connectivity index (χ4n) is 0.740. The molecule has 1 aromatic rings. The maximum absolute atomic E-state index is 11.2. The summed E-state index contributed by atoms with van der Waals surface area (Å²) >= 11 is 0. The molecule has 0 aliphatic heterocycles. The Morgan fingerprint density at radius 1 is 1.62 bits per heavy atom. The molecular formula is C8H7N2O2P. The number of aromatic nitrogens is 1. The molecule has 0 aliphatic rings. The van der Waals surface area contributed by atoms with Crippen molar-refractivity contribution in [1.82, 2.24) is 10.3 Å². The first-order valence-electron chi connectivity index (χ1n) is 3.59. The number of amides is 1. The summed E-state index contributed by atoms with van der Waals surface area (Å²) in [5.41, 5.74) is 2.75. The summed E-state index contributed by atoms with van der Waals surface area (Å²) < 4.78 is 9.94. The second-order valence-electron chi connectivity index (χ2n) is 2.15. The quantitative estimate of drug-likeness (QED) is 0.716. The van der Waals surface area contributed by atoms with Crippen LogP contribution in [0.5, 0.6) is 0 Å². The van der Waals surface area contributed by atoms with E-state index in [-0.39, 0.29) is 20.4 Å². The fraction of sp³-hybridized carbons (Fsp3) is 0.125. The number of hydrogen-bond donors (Lipinski definition) is 1. The van der Waals surface area contributed by atoms with E-state index in [1.165, 1.54) is 6.20 Å². The third kappa shape index (κ3) is 3.24. The van der Waals surface area contributed by atoms with Gasteiger partial charge in [0.1, 0.15) is 0 Å². The van der Waals surface area contributed by atoms with E-state index in [2.05, 4.69) is 15.9 Å². The van der Waals surface area contributed by atoms with E-state index in [0.29, 0.717) is 5.69 Å². The third-order valence-electron chi connectivity index (χ3n) is 1.29. The van der Waals surface area contributed by atoms with Gasteiger partial charge in [-0.2, -0.15) is 0 Å². The molecule has 0 saturated heterocycles. The average Bonchev–Trinajstić information content (AvgIpc) is 2.19. The molecule has 0 fully saturated rings. The zero-order valence-corrected chi connectivity index (χ0v) is 7.62. The van der Waals surface area contributed by atoms with Gasteiger partial charge in [-0.1, -0.05) is 0 Å². The predicted molar refractivity (Wildman–Crippen MR) is 48.1 cm³/mol. The number of hydrogen-bond acceptors (Lipinski definition) is 3. The first kappa shape index (κ1) is 9.72. The van der Waals surface area contributed by atoms with Gasteiger partial charge in [0.15, 0.2) is 0 Å². The van der Waals surface area contributed by atoms with Crippen LogP contribution >= 0.6 is 7.92 Å². The van der Waals surface area contributed by atoms with Crippen LogP contribution in [0, 0.1) is 5.63 Å². The SMILES string of the molecule is O=P#CCNC(=O)c1ccccn1. The van der Waals surface area contributed by atoms with Gasteiger partial charge in [-0.05, 0) is 0 Å². The summed E-state index contributed by atoms with van der Waals surface area (Å²) in [6.07, 6.45) is 1.54. The normalized spacial score (nSPS) is 8.62. The molecule has 1 amide bonds. The third-order valence-corrected chi connectivity index (χ3v) is 1.58. The molecule has 0 radical (unpaired) electrons. The summed E-state index contributed by atoms with van der Waals surface area (Å²) in [7, 11) is -0.208. The van der Waals surface area contributed by atoms with E-state index in [4.69, 9.17) is 0 Å². The van der Waals surface area contributed by atoms with Gasteiger partial charge < -0.3 is 0 Å². The molecule has 0 aliphatic carbocycles. The molecule has 1 heterocycles. The summed E-state index contributed by atoms with van der Waals surface area (Å²) in [4.78, 5) is 15.0. The molecule has 1 N–H and O–H groups in total. The van der Waals surface area contributed by atoms with Crippen LogP contribution in [0.3, 0.4) is 0 Å². The minimum absolute atomic E-state index is 0.153. The molecule has 66 valence electrons. The Bertz CT molecular complexity index is 385. The van der Waals surface area contributed by atoms with Gasteiger partial charge in [-0.15, -0.1) is 0 Å². The molecule has 5 heteroatoms. The first-order valence-corrected chi connectivity index (χ1v) is 4.40. The van der Waals surface area contributed by atoms with E-state index < -0.39 is 0 Å². The molecule has 0 aromatic carbocycles. The van der Waals surface area contributed by atoms with Crippen molar-refractivity contribution in [2.45, 2.75) is 0 Å². The standard InChI is InChI=1S/C8H7N2O2P/c11-8(10-5-6-13-12)7-3-1-2-4-9-7/h1-4H,5H2,(H,10,11). The van der Waals surface area contributed by atoms with E-state index in [0.717, 1.165) is 0 Å². The van der Waals surface area contributed by atoms with E-state index in [9.17, 15) is 9.36 Å². The van der Waals surface area contributed by atoms with Crippen LogP contribution in [0.2, 0.25) is 0 Å². The van der Waals surface area contributed by atoms with Gasteiger partial charge in [0.2, 0.25) is 0 Å². The molecule has 0 saturated carbocycles. The predicted octanol–water partition coefficient (Wildman–Crippen LogP) is 1.06. The second-order valence-corrected chi connectivity index (χ2v) is 2.65. The number of pyridine rings is 1. The van der Waals surface area contributed by atoms with Crippen LogP contribution in [0.25, 0.3) is 0 Å². The summed E-state index contributed by atoms with van der Waals surface area (Å²) in [5.74, 6) is -0.295.